The molecule has 1 aromatic rings. The molecule has 0 radical (unpaired) electrons. The molecule has 0 atom stereocenters. The van der Waals surface area contributed by atoms with Crippen molar-refractivity contribution in [2.75, 3.05) is 13.7 Å². The number of nitrogens with two attached hydrogens (primary N) is 1. The number of unbranched alkanes of at least 4 members (excludes halogenated alkanes) is 3. The number of methoxy groups -OCH3 is 1. The summed E-state index contributed by atoms with van der Waals surface area (Å²) in [5.41, 5.74) is 5.92. The van der Waals surface area contributed by atoms with Crippen molar-refractivity contribution < 1.29 is 14.4 Å². The van der Waals surface area contributed by atoms with Crippen LogP contribution in [0.3, 0.4) is 0 Å². The summed E-state index contributed by atoms with van der Waals surface area (Å²) in [6.07, 6.45) is 4.32. The summed E-state index contributed by atoms with van der Waals surface area (Å²) in [6.45, 7) is 2.75. The summed E-state index contributed by atoms with van der Waals surface area (Å²) in [6, 6.07) is 2.96. The van der Waals surface area contributed by atoms with Crippen molar-refractivity contribution in [3.63, 3.8) is 0 Å². The van der Waals surface area contributed by atoms with Crippen LogP contribution in [-0.2, 0) is 6.54 Å². The number of nitro groups is 1. The third-order valence-electron chi connectivity index (χ3n) is 3.04. The first kappa shape index (κ1) is 16.2. The molecule has 112 valence electrons. The van der Waals surface area contributed by atoms with E-state index in [1.807, 2.05) is 0 Å². The Morgan fingerprint density at radius 2 is 2.00 bits per heavy atom. The summed E-state index contributed by atoms with van der Waals surface area (Å²) in [5.74, 6) is 0.874. The minimum absolute atomic E-state index is 0.0307. The van der Waals surface area contributed by atoms with Gasteiger partial charge in [0.1, 0.15) is 0 Å². The van der Waals surface area contributed by atoms with Crippen LogP contribution in [0.15, 0.2) is 12.1 Å². The highest BCUT2D eigenvalue weighted by Crippen LogP contribution is 2.34. The molecule has 20 heavy (non-hydrogen) atoms. The smallest absolute Gasteiger partial charge is 0.277 e. The highest BCUT2D eigenvalue weighted by molar-refractivity contribution is 5.54. The molecule has 6 nitrogen and oxygen atoms in total. The Labute approximate surface area is 119 Å². The Morgan fingerprint density at radius 3 is 2.55 bits per heavy atom. The van der Waals surface area contributed by atoms with E-state index in [4.69, 9.17) is 15.2 Å². The Kier molecular flexibility index (Phi) is 6.79. The van der Waals surface area contributed by atoms with Crippen LogP contribution >= 0.6 is 0 Å². The molecule has 0 aliphatic rings. The standard InChI is InChI=1S/C14H22N2O4/c1-3-4-5-6-7-20-14-9-12(16(17)18)11(10-15)8-13(14)19-2/h8-9H,3-7,10,15H2,1-2H3. The normalized spacial score (nSPS) is 10.3. The minimum Gasteiger partial charge on any atom is -0.493 e. The Balaban J connectivity index is 2.82. The fourth-order valence-corrected chi connectivity index (χ4v) is 1.91. The fourth-order valence-electron chi connectivity index (χ4n) is 1.91. The van der Waals surface area contributed by atoms with Crippen LogP contribution in [0.5, 0.6) is 11.5 Å². The first-order chi connectivity index (χ1) is 9.63. The van der Waals surface area contributed by atoms with Gasteiger partial charge in [0.15, 0.2) is 11.5 Å². The zero-order chi connectivity index (χ0) is 15.0. The van der Waals surface area contributed by atoms with Gasteiger partial charge in [0, 0.05) is 12.1 Å². The summed E-state index contributed by atoms with van der Waals surface area (Å²) in [7, 11) is 1.51. The SMILES string of the molecule is CCCCCCOc1cc([N+](=O)[O-])c(CN)cc1OC. The van der Waals surface area contributed by atoms with Gasteiger partial charge in [-0.15, -0.1) is 0 Å². The lowest BCUT2D eigenvalue weighted by Crippen LogP contribution is -2.05. The Bertz CT molecular complexity index is 449. The molecule has 0 heterocycles. The third kappa shape index (κ3) is 4.38. The summed E-state index contributed by atoms with van der Waals surface area (Å²) in [5, 5.41) is 11.0. The molecule has 0 fully saturated rings. The summed E-state index contributed by atoms with van der Waals surface area (Å²) < 4.78 is 10.8. The van der Waals surface area contributed by atoms with E-state index in [1.165, 1.54) is 13.2 Å². The quantitative estimate of drug-likeness (QED) is 0.427. The number of nitro benzene ring substituents is 1. The largest absolute Gasteiger partial charge is 0.493 e. The van der Waals surface area contributed by atoms with Crippen molar-refractivity contribution >= 4 is 5.69 Å². The van der Waals surface area contributed by atoms with E-state index in [1.54, 1.807) is 6.07 Å². The zero-order valence-corrected chi connectivity index (χ0v) is 12.1. The van der Waals surface area contributed by atoms with E-state index < -0.39 is 4.92 Å². The first-order valence-corrected chi connectivity index (χ1v) is 6.82. The van der Waals surface area contributed by atoms with Crippen molar-refractivity contribution in [1.29, 1.82) is 0 Å². The second kappa shape index (κ2) is 8.37. The molecule has 0 saturated heterocycles. The second-order valence-corrected chi connectivity index (χ2v) is 4.50. The zero-order valence-electron chi connectivity index (χ0n) is 12.1. The molecule has 0 spiro atoms. The maximum atomic E-state index is 11.0. The Hall–Kier alpha value is -1.82. The first-order valence-electron chi connectivity index (χ1n) is 6.82. The predicted molar refractivity (Wildman–Crippen MR) is 77.2 cm³/mol. The van der Waals surface area contributed by atoms with Gasteiger partial charge in [-0.25, -0.2) is 0 Å². The van der Waals surface area contributed by atoms with Gasteiger partial charge in [0.05, 0.1) is 24.7 Å². The molecule has 0 aliphatic carbocycles. The summed E-state index contributed by atoms with van der Waals surface area (Å²) >= 11 is 0. The van der Waals surface area contributed by atoms with Crippen LogP contribution in [0.1, 0.15) is 38.2 Å². The molecule has 2 N–H and O–H groups in total. The summed E-state index contributed by atoms with van der Waals surface area (Å²) in [4.78, 5) is 10.5. The molecule has 0 amide bonds. The number of benzene rings is 1. The van der Waals surface area contributed by atoms with Crippen LogP contribution in [0, 0.1) is 10.1 Å². The number of rotatable bonds is 9. The van der Waals surface area contributed by atoms with Gasteiger partial charge >= 0.3 is 0 Å². The number of hydrogen-bond donors (Lipinski definition) is 1. The lowest BCUT2D eigenvalue weighted by atomic mass is 10.1. The highest BCUT2D eigenvalue weighted by Gasteiger charge is 2.18. The van der Waals surface area contributed by atoms with E-state index in [0.29, 0.717) is 23.7 Å². The average molecular weight is 282 g/mol. The van der Waals surface area contributed by atoms with Gasteiger partial charge in [-0.2, -0.15) is 0 Å². The number of ether oxygens (including phenoxy) is 2. The third-order valence-corrected chi connectivity index (χ3v) is 3.04. The van der Waals surface area contributed by atoms with Crippen molar-refractivity contribution in [2.24, 2.45) is 5.73 Å². The second-order valence-electron chi connectivity index (χ2n) is 4.50. The topological polar surface area (TPSA) is 87.6 Å². The monoisotopic (exact) mass is 282 g/mol. The average Bonchev–Trinajstić information content (AvgIpc) is 2.46. The van der Waals surface area contributed by atoms with E-state index >= 15 is 0 Å². The molecule has 1 aromatic carbocycles. The molecule has 0 aromatic heterocycles. The molecule has 6 heteroatoms. The molecule has 0 aliphatic heterocycles. The van der Waals surface area contributed by atoms with Crippen molar-refractivity contribution in [1.82, 2.24) is 0 Å². The molecule has 0 saturated carbocycles. The van der Waals surface area contributed by atoms with Crippen molar-refractivity contribution in [2.45, 2.75) is 39.2 Å². The lowest BCUT2D eigenvalue weighted by molar-refractivity contribution is -0.385. The van der Waals surface area contributed by atoms with Crippen molar-refractivity contribution in [3.8, 4) is 11.5 Å². The lowest BCUT2D eigenvalue weighted by Gasteiger charge is -2.12. The van der Waals surface area contributed by atoms with Gasteiger partial charge in [0.25, 0.3) is 5.69 Å². The molecular formula is C14H22N2O4. The van der Waals surface area contributed by atoms with Gasteiger partial charge in [-0.3, -0.25) is 10.1 Å². The molecule has 0 unspecified atom stereocenters. The van der Waals surface area contributed by atoms with Gasteiger partial charge in [-0.1, -0.05) is 26.2 Å². The van der Waals surface area contributed by atoms with Crippen molar-refractivity contribution in [3.05, 3.63) is 27.8 Å². The predicted octanol–water partition coefficient (Wildman–Crippen LogP) is 3.02. The highest BCUT2D eigenvalue weighted by atomic mass is 16.6. The molecular weight excluding hydrogens is 260 g/mol. The molecule has 0 bridgehead atoms. The van der Waals surface area contributed by atoms with E-state index in [0.717, 1.165) is 25.7 Å². The number of nitrogens with zero attached hydrogens (tertiary/aromatic N) is 1. The minimum atomic E-state index is -0.453. The van der Waals surface area contributed by atoms with E-state index in [9.17, 15) is 10.1 Å². The maximum Gasteiger partial charge on any atom is 0.277 e. The molecule has 1 rings (SSSR count). The van der Waals surface area contributed by atoms with Crippen LogP contribution in [0.25, 0.3) is 0 Å². The van der Waals surface area contributed by atoms with Crippen LogP contribution in [0.2, 0.25) is 0 Å². The maximum absolute atomic E-state index is 11.0. The van der Waals surface area contributed by atoms with Gasteiger partial charge in [0.2, 0.25) is 0 Å². The van der Waals surface area contributed by atoms with Gasteiger partial charge in [-0.05, 0) is 12.5 Å². The van der Waals surface area contributed by atoms with E-state index in [-0.39, 0.29) is 12.2 Å². The van der Waals surface area contributed by atoms with Crippen LogP contribution in [0.4, 0.5) is 5.69 Å². The number of hydrogen-bond acceptors (Lipinski definition) is 5. The fraction of sp³-hybridized carbons (Fsp3) is 0.571. The Morgan fingerprint density at radius 1 is 1.25 bits per heavy atom. The van der Waals surface area contributed by atoms with Crippen LogP contribution < -0.4 is 15.2 Å². The van der Waals surface area contributed by atoms with Crippen LogP contribution in [-0.4, -0.2) is 18.6 Å². The van der Waals surface area contributed by atoms with E-state index in [2.05, 4.69) is 6.92 Å². The van der Waals surface area contributed by atoms with Gasteiger partial charge < -0.3 is 15.2 Å².